The lowest BCUT2D eigenvalue weighted by molar-refractivity contribution is -0.0382. The molecule has 112 valence electrons. The van der Waals surface area contributed by atoms with E-state index >= 15 is 0 Å². The third-order valence-corrected chi connectivity index (χ3v) is 3.35. The molecule has 0 bridgehead atoms. The standard InChI is InChI=1S/C12H20N3O4P/c1-2-4-13-10-3-5-15(12(17)14-10)11-6-8(16)9(19-11)7-18-20/h3,5,8-9,11,16H,2,4,6-7,20H2,1H3,(H,13,14,17)/t8?,9-,11-/m1/s1. The van der Waals surface area contributed by atoms with E-state index in [1.807, 2.05) is 6.92 Å². The maximum absolute atomic E-state index is 12.0. The molecule has 1 aliphatic rings. The first-order valence-corrected chi connectivity index (χ1v) is 7.11. The summed E-state index contributed by atoms with van der Waals surface area (Å²) in [6.07, 6.45) is 1.36. The molecule has 0 aromatic carbocycles. The van der Waals surface area contributed by atoms with Gasteiger partial charge in [0.25, 0.3) is 0 Å². The summed E-state index contributed by atoms with van der Waals surface area (Å²) in [4.78, 5) is 15.9. The van der Waals surface area contributed by atoms with Gasteiger partial charge >= 0.3 is 5.69 Å². The van der Waals surface area contributed by atoms with E-state index < -0.39 is 24.1 Å². The quantitative estimate of drug-likeness (QED) is 0.745. The van der Waals surface area contributed by atoms with Gasteiger partial charge in [0.1, 0.15) is 18.1 Å². The molecule has 4 atom stereocenters. The lowest BCUT2D eigenvalue weighted by atomic mass is 10.2. The van der Waals surface area contributed by atoms with E-state index in [9.17, 15) is 9.90 Å². The van der Waals surface area contributed by atoms with E-state index in [1.54, 1.807) is 12.3 Å². The summed E-state index contributed by atoms with van der Waals surface area (Å²) in [7, 11) is 2.12. The van der Waals surface area contributed by atoms with Crippen molar-refractivity contribution in [3.8, 4) is 0 Å². The number of hydrogen-bond acceptors (Lipinski definition) is 6. The van der Waals surface area contributed by atoms with E-state index in [0.717, 1.165) is 13.0 Å². The first-order chi connectivity index (χ1) is 9.65. The van der Waals surface area contributed by atoms with Crippen LogP contribution in [0.4, 0.5) is 5.82 Å². The van der Waals surface area contributed by atoms with Crippen molar-refractivity contribution in [2.75, 3.05) is 18.5 Å². The van der Waals surface area contributed by atoms with Crippen LogP contribution in [0, 0.1) is 0 Å². The number of nitrogens with one attached hydrogen (secondary N) is 1. The van der Waals surface area contributed by atoms with Crippen LogP contribution in [0.2, 0.25) is 0 Å². The van der Waals surface area contributed by atoms with Crippen LogP contribution in [0.5, 0.6) is 0 Å². The van der Waals surface area contributed by atoms with Crippen LogP contribution in [0.25, 0.3) is 0 Å². The minimum atomic E-state index is -0.648. The highest BCUT2D eigenvalue weighted by Crippen LogP contribution is 2.28. The number of aliphatic hydroxyl groups is 1. The number of rotatable bonds is 6. The fourth-order valence-electron chi connectivity index (χ4n) is 2.11. The van der Waals surface area contributed by atoms with E-state index in [2.05, 4.69) is 19.8 Å². The molecule has 0 amide bonds. The molecule has 0 radical (unpaired) electrons. The first-order valence-electron chi connectivity index (χ1n) is 6.64. The first kappa shape index (κ1) is 15.4. The summed E-state index contributed by atoms with van der Waals surface area (Å²) in [5.41, 5.74) is -0.393. The van der Waals surface area contributed by atoms with Crippen molar-refractivity contribution >= 4 is 15.3 Å². The average molecular weight is 301 g/mol. The van der Waals surface area contributed by atoms with Gasteiger partial charge in [0.15, 0.2) is 0 Å². The van der Waals surface area contributed by atoms with Gasteiger partial charge in [-0.15, -0.1) is 0 Å². The predicted octanol–water partition coefficient (Wildman–Crippen LogP) is 0.520. The maximum atomic E-state index is 12.0. The Morgan fingerprint density at radius 3 is 3.15 bits per heavy atom. The second kappa shape index (κ2) is 7.13. The average Bonchev–Trinajstić information content (AvgIpc) is 2.78. The van der Waals surface area contributed by atoms with Gasteiger partial charge in [-0.1, -0.05) is 6.92 Å². The molecule has 7 nitrogen and oxygen atoms in total. The lowest BCUT2D eigenvalue weighted by Gasteiger charge is -2.15. The molecule has 1 aliphatic heterocycles. The van der Waals surface area contributed by atoms with Gasteiger partial charge in [0.05, 0.1) is 12.7 Å². The van der Waals surface area contributed by atoms with Crippen molar-refractivity contribution < 1.29 is 14.4 Å². The van der Waals surface area contributed by atoms with E-state index in [4.69, 9.17) is 9.26 Å². The molecule has 1 aromatic heterocycles. The highest BCUT2D eigenvalue weighted by molar-refractivity contribution is 7.09. The van der Waals surface area contributed by atoms with Crippen LogP contribution >= 0.6 is 9.47 Å². The molecule has 2 rings (SSSR count). The van der Waals surface area contributed by atoms with E-state index in [-0.39, 0.29) is 6.61 Å². The normalized spacial score (nSPS) is 25.9. The van der Waals surface area contributed by atoms with Crippen LogP contribution in [-0.2, 0) is 9.26 Å². The second-order valence-electron chi connectivity index (χ2n) is 4.69. The molecule has 1 aromatic rings. The summed E-state index contributed by atoms with van der Waals surface area (Å²) in [5, 5.41) is 12.9. The molecule has 2 N–H and O–H groups in total. The molecule has 0 spiro atoms. The van der Waals surface area contributed by atoms with E-state index in [0.29, 0.717) is 12.2 Å². The summed E-state index contributed by atoms with van der Waals surface area (Å²) >= 11 is 0. The lowest BCUT2D eigenvalue weighted by Crippen LogP contribution is -2.28. The van der Waals surface area contributed by atoms with Gasteiger partial charge in [-0.3, -0.25) is 4.57 Å². The van der Waals surface area contributed by atoms with Crippen molar-refractivity contribution in [2.45, 2.75) is 38.2 Å². The summed E-state index contributed by atoms with van der Waals surface area (Å²) in [6, 6.07) is 1.73. The SMILES string of the molecule is CCCNc1ccn([C@H]2CC(O)[C@@H](COP)O2)c(=O)n1. The molecular weight excluding hydrogens is 281 g/mol. The van der Waals surface area contributed by atoms with Gasteiger partial charge in [-0.2, -0.15) is 4.98 Å². The number of ether oxygens (including phenoxy) is 1. The van der Waals surface area contributed by atoms with Gasteiger partial charge < -0.3 is 19.7 Å². The third kappa shape index (κ3) is 3.55. The van der Waals surface area contributed by atoms with E-state index in [1.165, 1.54) is 4.57 Å². The maximum Gasteiger partial charge on any atom is 0.351 e. The fourth-order valence-corrected chi connectivity index (χ4v) is 2.30. The van der Waals surface area contributed by atoms with Crippen molar-refractivity contribution in [1.29, 1.82) is 0 Å². The number of anilines is 1. The zero-order valence-electron chi connectivity index (χ0n) is 11.4. The molecule has 1 saturated heterocycles. The molecule has 2 unspecified atom stereocenters. The Labute approximate surface area is 119 Å². The Hall–Kier alpha value is -1.01. The number of aromatic nitrogens is 2. The van der Waals surface area contributed by atoms with Gasteiger partial charge in [-0.05, 0) is 12.5 Å². The number of hydrogen-bond donors (Lipinski definition) is 2. The molecule has 20 heavy (non-hydrogen) atoms. The zero-order chi connectivity index (χ0) is 14.5. The molecule has 2 heterocycles. The minimum absolute atomic E-state index is 0.265. The molecule has 8 heteroatoms. The van der Waals surface area contributed by atoms with Crippen LogP contribution in [-0.4, -0.2) is 40.0 Å². The molecule has 1 fully saturated rings. The van der Waals surface area contributed by atoms with Gasteiger partial charge in [0.2, 0.25) is 0 Å². The summed E-state index contributed by atoms with van der Waals surface area (Å²) in [5.74, 6) is 0.552. The summed E-state index contributed by atoms with van der Waals surface area (Å²) < 4.78 is 11.9. The minimum Gasteiger partial charge on any atom is -0.390 e. The number of nitrogens with zero attached hydrogens (tertiary/aromatic N) is 2. The van der Waals surface area contributed by atoms with Crippen LogP contribution in [0.1, 0.15) is 26.0 Å². The fraction of sp³-hybridized carbons (Fsp3) is 0.667. The highest BCUT2D eigenvalue weighted by atomic mass is 31.0. The molecule has 0 saturated carbocycles. The second-order valence-corrected chi connectivity index (χ2v) is 5.03. The molecular formula is C12H20N3O4P. The smallest absolute Gasteiger partial charge is 0.351 e. The van der Waals surface area contributed by atoms with Crippen LogP contribution < -0.4 is 11.0 Å². The Bertz CT molecular complexity index is 496. The predicted molar refractivity (Wildman–Crippen MR) is 77.5 cm³/mol. The van der Waals surface area contributed by atoms with Gasteiger partial charge in [0, 0.05) is 28.6 Å². The van der Waals surface area contributed by atoms with Crippen molar-refractivity contribution in [3.63, 3.8) is 0 Å². The Kier molecular flexibility index (Phi) is 5.48. The number of aliphatic hydroxyl groups excluding tert-OH is 1. The Balaban J connectivity index is 2.08. The van der Waals surface area contributed by atoms with Crippen molar-refractivity contribution in [1.82, 2.24) is 9.55 Å². The zero-order valence-corrected chi connectivity index (χ0v) is 12.5. The summed E-state index contributed by atoms with van der Waals surface area (Å²) in [6.45, 7) is 3.07. The highest BCUT2D eigenvalue weighted by Gasteiger charge is 2.35. The Morgan fingerprint density at radius 1 is 1.70 bits per heavy atom. The largest absolute Gasteiger partial charge is 0.390 e. The van der Waals surface area contributed by atoms with Gasteiger partial charge in [-0.25, -0.2) is 4.79 Å². The van der Waals surface area contributed by atoms with Crippen molar-refractivity contribution in [2.24, 2.45) is 0 Å². The monoisotopic (exact) mass is 301 g/mol. The molecule has 0 aliphatic carbocycles. The van der Waals surface area contributed by atoms with Crippen LogP contribution in [0.3, 0.4) is 0 Å². The Morgan fingerprint density at radius 2 is 2.50 bits per heavy atom. The van der Waals surface area contributed by atoms with Crippen molar-refractivity contribution in [3.05, 3.63) is 22.7 Å². The van der Waals surface area contributed by atoms with Crippen LogP contribution in [0.15, 0.2) is 17.1 Å². The topological polar surface area (TPSA) is 85.6 Å². The third-order valence-electron chi connectivity index (χ3n) is 3.16.